The second kappa shape index (κ2) is 10.9. The Morgan fingerprint density at radius 1 is 1.11 bits per heavy atom. The van der Waals surface area contributed by atoms with E-state index >= 15 is 0 Å². The summed E-state index contributed by atoms with van der Waals surface area (Å²) in [5.41, 5.74) is 0.773. The highest BCUT2D eigenvalue weighted by Gasteiger charge is 2.14. The van der Waals surface area contributed by atoms with Crippen molar-refractivity contribution in [2.75, 3.05) is 39.3 Å². The molecule has 1 aliphatic heterocycles. The number of urea groups is 1. The van der Waals surface area contributed by atoms with Crippen molar-refractivity contribution in [3.05, 3.63) is 35.1 Å². The van der Waals surface area contributed by atoms with Crippen molar-refractivity contribution >= 4 is 11.9 Å². The first kappa shape index (κ1) is 21.2. The summed E-state index contributed by atoms with van der Waals surface area (Å²) in [5.74, 6) is 0.0712. The quantitative estimate of drug-likeness (QED) is 0.608. The average Bonchev–Trinajstić information content (AvgIpc) is 2.66. The van der Waals surface area contributed by atoms with Crippen LogP contribution in [0.25, 0.3) is 0 Å². The number of amides is 3. The second-order valence-corrected chi connectivity index (χ2v) is 7.28. The van der Waals surface area contributed by atoms with Gasteiger partial charge in [-0.3, -0.25) is 4.79 Å². The maximum atomic E-state index is 13.5. The first-order valence-electron chi connectivity index (χ1n) is 9.74. The first-order valence-corrected chi connectivity index (χ1v) is 9.74. The highest BCUT2D eigenvalue weighted by atomic mass is 19.1. The smallest absolute Gasteiger partial charge is 0.314 e. The normalized spacial score (nSPS) is 15.4. The number of nitrogens with one attached hydrogen (secondary N) is 3. The topological polar surface area (TPSA) is 73.5 Å². The second-order valence-electron chi connectivity index (χ2n) is 7.28. The van der Waals surface area contributed by atoms with Gasteiger partial charge >= 0.3 is 6.03 Å². The number of halogens is 1. The molecule has 3 N–H and O–H groups in total. The van der Waals surface area contributed by atoms with E-state index in [1.807, 2.05) is 0 Å². The predicted octanol–water partition coefficient (Wildman–Crippen LogP) is 2.29. The molecular formula is C20H31FN4O2. The molecule has 0 spiro atoms. The maximum absolute atomic E-state index is 13.5. The minimum absolute atomic E-state index is 0.238. The Hall–Kier alpha value is -2.15. The fourth-order valence-electron chi connectivity index (χ4n) is 3.04. The highest BCUT2D eigenvalue weighted by Crippen LogP contribution is 2.15. The van der Waals surface area contributed by atoms with Crippen molar-refractivity contribution in [2.45, 2.75) is 33.1 Å². The lowest BCUT2D eigenvalue weighted by atomic mass is 9.99. The molecule has 1 aliphatic rings. The fraction of sp³-hybridized carbons (Fsp3) is 0.600. The molecule has 1 aromatic carbocycles. The third-order valence-electron chi connectivity index (χ3n) is 4.94. The van der Waals surface area contributed by atoms with Gasteiger partial charge in [-0.05, 0) is 69.4 Å². The Morgan fingerprint density at radius 2 is 1.78 bits per heavy atom. The number of likely N-dealkylation sites (tertiary alicyclic amines) is 1. The van der Waals surface area contributed by atoms with E-state index in [4.69, 9.17) is 0 Å². The van der Waals surface area contributed by atoms with Gasteiger partial charge in [-0.15, -0.1) is 0 Å². The number of piperidine rings is 1. The lowest BCUT2D eigenvalue weighted by Crippen LogP contribution is -2.41. The van der Waals surface area contributed by atoms with Crippen LogP contribution in [-0.4, -0.2) is 56.1 Å². The van der Waals surface area contributed by atoms with Gasteiger partial charge in [-0.2, -0.15) is 0 Å². The molecule has 150 valence electrons. The molecule has 1 heterocycles. The summed E-state index contributed by atoms with van der Waals surface area (Å²) in [6.45, 7) is 8.49. The molecule has 3 amide bonds. The van der Waals surface area contributed by atoms with Crippen molar-refractivity contribution in [3.63, 3.8) is 0 Å². The van der Waals surface area contributed by atoms with Crippen LogP contribution in [0.5, 0.6) is 0 Å². The molecule has 1 aromatic rings. The molecule has 27 heavy (non-hydrogen) atoms. The van der Waals surface area contributed by atoms with E-state index in [1.54, 1.807) is 19.1 Å². The zero-order valence-corrected chi connectivity index (χ0v) is 16.3. The molecule has 2 rings (SSSR count). The van der Waals surface area contributed by atoms with Gasteiger partial charge in [0.2, 0.25) is 0 Å². The van der Waals surface area contributed by atoms with Crippen LogP contribution in [0.2, 0.25) is 0 Å². The summed E-state index contributed by atoms with van der Waals surface area (Å²) >= 11 is 0. The van der Waals surface area contributed by atoms with Crippen molar-refractivity contribution in [3.8, 4) is 0 Å². The summed E-state index contributed by atoms with van der Waals surface area (Å²) in [6.07, 6.45) is 3.45. The molecule has 0 aromatic heterocycles. The molecule has 0 unspecified atom stereocenters. The van der Waals surface area contributed by atoms with Gasteiger partial charge in [0.1, 0.15) is 5.82 Å². The van der Waals surface area contributed by atoms with Crippen LogP contribution in [0.1, 0.15) is 42.1 Å². The number of rotatable bonds is 8. The van der Waals surface area contributed by atoms with E-state index in [2.05, 4.69) is 27.8 Å². The molecule has 6 nitrogen and oxygen atoms in total. The zero-order chi connectivity index (χ0) is 19.6. The predicted molar refractivity (Wildman–Crippen MR) is 104 cm³/mol. The molecule has 0 saturated carbocycles. The summed E-state index contributed by atoms with van der Waals surface area (Å²) in [6, 6.07) is 4.13. The Bertz CT molecular complexity index is 630. The lowest BCUT2D eigenvalue weighted by molar-refractivity contribution is 0.0953. The number of carbonyl (C=O) groups is 2. The molecule has 0 bridgehead atoms. The third kappa shape index (κ3) is 7.54. The molecular weight excluding hydrogens is 347 g/mol. The van der Waals surface area contributed by atoms with Crippen molar-refractivity contribution in [2.24, 2.45) is 5.92 Å². The average molecular weight is 378 g/mol. The first-order chi connectivity index (χ1) is 13.0. The number of carbonyl (C=O) groups excluding carboxylic acids is 2. The van der Waals surface area contributed by atoms with Crippen LogP contribution in [-0.2, 0) is 0 Å². The Balaban J connectivity index is 1.51. The summed E-state index contributed by atoms with van der Waals surface area (Å²) < 4.78 is 13.5. The van der Waals surface area contributed by atoms with Crippen molar-refractivity contribution in [1.82, 2.24) is 20.9 Å². The van der Waals surface area contributed by atoms with Gasteiger partial charge in [0.05, 0.1) is 0 Å². The standard InChI is InChI=1S/C20H31FN4O2/c1-15-6-12-25(13-7-15)11-3-8-23-20(27)24-10-9-22-19(26)17-5-4-16(2)18(21)14-17/h4-5,14-15H,3,6-13H2,1-2H3,(H,22,26)(H2,23,24,27). The van der Waals surface area contributed by atoms with E-state index < -0.39 is 5.82 Å². The Labute approximate surface area is 160 Å². The molecule has 7 heteroatoms. The van der Waals surface area contributed by atoms with Crippen LogP contribution in [0.3, 0.4) is 0 Å². The highest BCUT2D eigenvalue weighted by molar-refractivity contribution is 5.94. The van der Waals surface area contributed by atoms with Crippen LogP contribution < -0.4 is 16.0 Å². The largest absolute Gasteiger partial charge is 0.350 e. The Morgan fingerprint density at radius 3 is 2.48 bits per heavy atom. The van der Waals surface area contributed by atoms with Crippen LogP contribution in [0.4, 0.5) is 9.18 Å². The summed E-state index contributed by atoms with van der Waals surface area (Å²) in [4.78, 5) is 26.1. The Kier molecular flexibility index (Phi) is 8.51. The SMILES string of the molecule is Cc1ccc(C(=O)NCCNC(=O)NCCCN2CCC(C)CC2)cc1F. The third-order valence-corrected chi connectivity index (χ3v) is 4.94. The summed E-state index contributed by atoms with van der Waals surface area (Å²) in [5, 5.41) is 8.19. The minimum atomic E-state index is -0.404. The monoisotopic (exact) mass is 378 g/mol. The van der Waals surface area contributed by atoms with Crippen LogP contribution in [0, 0.1) is 18.7 Å². The minimum Gasteiger partial charge on any atom is -0.350 e. The van der Waals surface area contributed by atoms with E-state index in [1.165, 1.54) is 18.9 Å². The van der Waals surface area contributed by atoms with Gasteiger partial charge < -0.3 is 20.9 Å². The van der Waals surface area contributed by atoms with E-state index in [0.717, 1.165) is 32.0 Å². The van der Waals surface area contributed by atoms with E-state index in [-0.39, 0.29) is 24.0 Å². The number of aryl methyl sites for hydroxylation is 1. The molecule has 0 atom stereocenters. The summed E-state index contributed by atoms with van der Waals surface area (Å²) in [7, 11) is 0. The molecule has 0 radical (unpaired) electrons. The van der Waals surface area contributed by atoms with E-state index in [0.29, 0.717) is 18.7 Å². The van der Waals surface area contributed by atoms with E-state index in [9.17, 15) is 14.0 Å². The molecule has 1 saturated heterocycles. The van der Waals surface area contributed by atoms with Gasteiger partial charge in [0.15, 0.2) is 0 Å². The zero-order valence-electron chi connectivity index (χ0n) is 16.3. The number of benzene rings is 1. The van der Waals surface area contributed by atoms with Gasteiger partial charge in [-0.25, -0.2) is 9.18 Å². The van der Waals surface area contributed by atoms with Gasteiger partial charge in [0, 0.05) is 25.2 Å². The van der Waals surface area contributed by atoms with Gasteiger partial charge in [0.25, 0.3) is 5.91 Å². The molecule has 1 fully saturated rings. The van der Waals surface area contributed by atoms with Crippen LogP contribution in [0.15, 0.2) is 18.2 Å². The number of nitrogens with zero attached hydrogens (tertiary/aromatic N) is 1. The fourth-order valence-corrected chi connectivity index (χ4v) is 3.04. The maximum Gasteiger partial charge on any atom is 0.314 e. The lowest BCUT2D eigenvalue weighted by Gasteiger charge is -2.30. The number of hydrogen-bond acceptors (Lipinski definition) is 3. The number of hydrogen-bond donors (Lipinski definition) is 3. The van der Waals surface area contributed by atoms with Gasteiger partial charge in [-0.1, -0.05) is 13.0 Å². The van der Waals surface area contributed by atoms with Crippen molar-refractivity contribution in [1.29, 1.82) is 0 Å². The molecule has 0 aliphatic carbocycles. The van der Waals surface area contributed by atoms with Crippen molar-refractivity contribution < 1.29 is 14.0 Å². The van der Waals surface area contributed by atoms with Crippen LogP contribution >= 0.6 is 0 Å².